The first-order valence-corrected chi connectivity index (χ1v) is 12.4. The highest BCUT2D eigenvalue weighted by Gasteiger charge is 2.32. The molecule has 0 aliphatic carbocycles. The van der Waals surface area contributed by atoms with Crippen LogP contribution >= 0.6 is 11.3 Å². The number of hydrogen-bond donors (Lipinski definition) is 1. The van der Waals surface area contributed by atoms with Crippen LogP contribution in [0.3, 0.4) is 0 Å². The molecule has 0 aromatic carbocycles. The van der Waals surface area contributed by atoms with E-state index in [2.05, 4.69) is 36.0 Å². The van der Waals surface area contributed by atoms with E-state index in [4.69, 9.17) is 0 Å². The van der Waals surface area contributed by atoms with Crippen LogP contribution in [-0.4, -0.2) is 87.3 Å². The minimum Gasteiger partial charge on any atom is -0.350 e. The zero-order valence-electron chi connectivity index (χ0n) is 17.1. The zero-order valence-corrected chi connectivity index (χ0v) is 18.7. The van der Waals surface area contributed by atoms with E-state index in [0.717, 1.165) is 39.0 Å². The second kappa shape index (κ2) is 9.21. The predicted molar refractivity (Wildman–Crippen MR) is 112 cm³/mol. The van der Waals surface area contributed by atoms with E-state index in [1.54, 1.807) is 11.4 Å². The maximum Gasteiger partial charge on any atom is 0.262 e. The van der Waals surface area contributed by atoms with E-state index in [0.29, 0.717) is 30.4 Å². The molecule has 0 radical (unpaired) electrons. The minimum atomic E-state index is -3.59. The molecule has 2 saturated heterocycles. The van der Waals surface area contributed by atoms with Crippen molar-refractivity contribution < 1.29 is 13.2 Å². The summed E-state index contributed by atoms with van der Waals surface area (Å²) in [5, 5.41) is 4.70. The normalized spacial score (nSPS) is 21.3. The van der Waals surface area contributed by atoms with Crippen molar-refractivity contribution in [3.63, 3.8) is 0 Å². The third-order valence-corrected chi connectivity index (χ3v) is 8.75. The van der Waals surface area contributed by atoms with Crippen LogP contribution in [0.4, 0.5) is 0 Å². The van der Waals surface area contributed by atoms with Crippen LogP contribution in [0.1, 0.15) is 36.4 Å². The van der Waals surface area contributed by atoms with E-state index in [1.165, 1.54) is 15.6 Å². The van der Waals surface area contributed by atoms with Gasteiger partial charge in [-0.2, -0.15) is 4.31 Å². The lowest BCUT2D eigenvalue weighted by atomic mass is 10.0. The van der Waals surface area contributed by atoms with Gasteiger partial charge >= 0.3 is 0 Å². The number of carbonyl (C=O) groups excluding carboxylic acids is 1. The van der Waals surface area contributed by atoms with E-state index in [1.807, 2.05) is 0 Å². The number of amides is 1. The van der Waals surface area contributed by atoms with Gasteiger partial charge in [0, 0.05) is 51.9 Å². The van der Waals surface area contributed by atoms with Gasteiger partial charge in [0.05, 0.1) is 0 Å². The van der Waals surface area contributed by atoms with Gasteiger partial charge in [-0.25, -0.2) is 8.42 Å². The molecule has 2 fully saturated rings. The Kier molecular flexibility index (Phi) is 7.14. The van der Waals surface area contributed by atoms with E-state index in [9.17, 15) is 13.2 Å². The van der Waals surface area contributed by atoms with Gasteiger partial charge < -0.3 is 10.2 Å². The molecule has 1 unspecified atom stereocenters. The van der Waals surface area contributed by atoms with Gasteiger partial charge in [-0.15, -0.1) is 11.3 Å². The molecular formula is C19H32N4O3S2. The van der Waals surface area contributed by atoms with Gasteiger partial charge in [-0.05, 0) is 37.3 Å². The van der Waals surface area contributed by atoms with Crippen molar-refractivity contribution >= 4 is 27.3 Å². The van der Waals surface area contributed by atoms with Crippen LogP contribution in [0.15, 0.2) is 16.3 Å². The Balaban J connectivity index is 1.67. The molecule has 1 atom stereocenters. The Morgan fingerprint density at radius 3 is 2.39 bits per heavy atom. The predicted octanol–water partition coefficient (Wildman–Crippen LogP) is 1.53. The molecule has 1 aromatic heterocycles. The highest BCUT2D eigenvalue weighted by Crippen LogP contribution is 2.27. The van der Waals surface area contributed by atoms with Crippen molar-refractivity contribution in [3.8, 4) is 0 Å². The van der Waals surface area contributed by atoms with Crippen molar-refractivity contribution in [2.24, 2.45) is 5.92 Å². The van der Waals surface area contributed by atoms with Crippen LogP contribution in [0.5, 0.6) is 0 Å². The fourth-order valence-electron chi connectivity index (χ4n) is 3.95. The van der Waals surface area contributed by atoms with Gasteiger partial charge in [0.1, 0.15) is 9.77 Å². The monoisotopic (exact) mass is 428 g/mol. The summed E-state index contributed by atoms with van der Waals surface area (Å²) in [5.41, 5.74) is 0. The second-order valence-corrected chi connectivity index (χ2v) is 10.9. The van der Waals surface area contributed by atoms with E-state index < -0.39 is 10.0 Å². The third kappa shape index (κ3) is 4.76. The molecule has 158 valence electrons. The number of rotatable bonds is 7. The molecule has 7 nitrogen and oxygen atoms in total. The van der Waals surface area contributed by atoms with Crippen molar-refractivity contribution in [3.05, 3.63) is 16.3 Å². The van der Waals surface area contributed by atoms with Crippen molar-refractivity contribution in [1.29, 1.82) is 0 Å². The summed E-state index contributed by atoms with van der Waals surface area (Å²) in [4.78, 5) is 18.0. The van der Waals surface area contributed by atoms with E-state index >= 15 is 0 Å². The highest BCUT2D eigenvalue weighted by atomic mass is 32.2. The Hall–Kier alpha value is -1.00. The van der Waals surface area contributed by atoms with Gasteiger partial charge in [0.2, 0.25) is 10.0 Å². The average Bonchev–Trinajstić information content (AvgIpc) is 3.35. The number of nitrogens with one attached hydrogen (secondary N) is 1. The van der Waals surface area contributed by atoms with Gasteiger partial charge in [-0.1, -0.05) is 13.8 Å². The van der Waals surface area contributed by atoms with Gasteiger partial charge in [0.15, 0.2) is 0 Å². The standard InChI is InChI=1S/C19H32N4O3S2/c1-15(2)16(22-11-9-21(3)10-12-22)14-20-19(24)18-17(6-13-27-18)28(25,26)23-7-4-5-8-23/h6,13,15-16H,4-5,7-12,14H2,1-3H3,(H,20,24). The molecule has 0 bridgehead atoms. The van der Waals surface area contributed by atoms with Crippen molar-refractivity contribution in [2.45, 2.75) is 37.6 Å². The highest BCUT2D eigenvalue weighted by molar-refractivity contribution is 7.89. The molecule has 2 aliphatic rings. The number of thiophene rings is 1. The number of nitrogens with zero attached hydrogens (tertiary/aromatic N) is 3. The minimum absolute atomic E-state index is 0.151. The molecule has 1 N–H and O–H groups in total. The molecule has 9 heteroatoms. The lowest BCUT2D eigenvalue weighted by molar-refractivity contribution is 0.0791. The van der Waals surface area contributed by atoms with E-state index in [-0.39, 0.29) is 16.8 Å². The van der Waals surface area contributed by atoms with Crippen LogP contribution in [0, 0.1) is 5.92 Å². The summed E-state index contributed by atoms with van der Waals surface area (Å²) in [7, 11) is -1.46. The molecule has 0 spiro atoms. The Labute approximate surface area is 172 Å². The second-order valence-electron chi connectivity index (χ2n) is 8.09. The molecule has 28 heavy (non-hydrogen) atoms. The summed E-state index contributed by atoms with van der Waals surface area (Å²) >= 11 is 1.20. The first-order chi connectivity index (χ1) is 13.3. The Morgan fingerprint density at radius 1 is 1.14 bits per heavy atom. The lowest BCUT2D eigenvalue weighted by Crippen LogP contribution is -2.54. The molecule has 2 aliphatic heterocycles. The largest absolute Gasteiger partial charge is 0.350 e. The first kappa shape index (κ1) is 21.7. The molecule has 0 saturated carbocycles. The summed E-state index contributed by atoms with van der Waals surface area (Å²) in [5.74, 6) is 0.118. The topological polar surface area (TPSA) is 73.0 Å². The third-order valence-electron chi connectivity index (χ3n) is 5.77. The van der Waals surface area contributed by atoms with Crippen LogP contribution < -0.4 is 5.32 Å². The Bertz CT molecular complexity index is 764. The molecule has 1 aromatic rings. The summed E-state index contributed by atoms with van der Waals surface area (Å²) in [6.45, 7) is 9.98. The van der Waals surface area contributed by atoms with Crippen LogP contribution in [0.25, 0.3) is 0 Å². The molecule has 3 heterocycles. The molecule has 1 amide bonds. The number of hydrogen-bond acceptors (Lipinski definition) is 6. The SMILES string of the molecule is CC(C)C(CNC(=O)c1sccc1S(=O)(=O)N1CCCC1)N1CCN(C)CC1. The van der Waals surface area contributed by atoms with Gasteiger partial charge in [-0.3, -0.25) is 9.69 Å². The number of piperazine rings is 1. The Morgan fingerprint density at radius 2 is 1.79 bits per heavy atom. The van der Waals surface area contributed by atoms with Crippen LogP contribution in [0.2, 0.25) is 0 Å². The fourth-order valence-corrected chi connectivity index (χ4v) is 6.79. The summed E-state index contributed by atoms with van der Waals surface area (Å²) in [6.07, 6.45) is 1.76. The number of carbonyl (C=O) groups is 1. The number of sulfonamides is 1. The fraction of sp³-hybridized carbons (Fsp3) is 0.737. The summed E-state index contributed by atoms with van der Waals surface area (Å²) < 4.78 is 27.3. The maximum atomic E-state index is 12.9. The van der Waals surface area contributed by atoms with Crippen LogP contribution in [-0.2, 0) is 10.0 Å². The maximum absolute atomic E-state index is 12.9. The number of likely N-dealkylation sites (N-methyl/N-ethyl adjacent to an activating group) is 1. The van der Waals surface area contributed by atoms with Gasteiger partial charge in [0.25, 0.3) is 5.91 Å². The summed E-state index contributed by atoms with van der Waals surface area (Å²) in [6, 6.07) is 1.81. The average molecular weight is 429 g/mol. The quantitative estimate of drug-likeness (QED) is 0.713. The molecule has 3 rings (SSSR count). The molecular weight excluding hydrogens is 396 g/mol. The smallest absolute Gasteiger partial charge is 0.262 e. The zero-order chi connectivity index (χ0) is 20.3. The lowest BCUT2D eigenvalue weighted by Gasteiger charge is -2.39. The first-order valence-electron chi connectivity index (χ1n) is 10.1. The van der Waals surface area contributed by atoms with Crippen molar-refractivity contribution in [1.82, 2.24) is 19.4 Å². The van der Waals surface area contributed by atoms with Crippen molar-refractivity contribution in [2.75, 3.05) is 52.9 Å².